The fourth-order valence-corrected chi connectivity index (χ4v) is 3.46. The lowest BCUT2D eigenvalue weighted by Crippen LogP contribution is -1.93. The van der Waals surface area contributed by atoms with Crippen molar-refractivity contribution in [2.75, 3.05) is 0 Å². The minimum atomic E-state index is -0.275. The first kappa shape index (κ1) is 18.5. The maximum atomic E-state index is 10.5. The summed E-state index contributed by atoms with van der Waals surface area (Å²) in [7, 11) is 0. The van der Waals surface area contributed by atoms with E-state index >= 15 is 0 Å². The Morgan fingerprint density at radius 3 is 1.55 bits per heavy atom. The van der Waals surface area contributed by atoms with Gasteiger partial charge >= 0.3 is 0 Å². The molecule has 0 aromatic heterocycles. The third-order valence-corrected chi connectivity index (χ3v) is 5.03. The van der Waals surface area contributed by atoms with E-state index in [1.54, 1.807) is 60.7 Å². The van der Waals surface area contributed by atoms with E-state index in [0.29, 0.717) is 34.7 Å². The number of aromatic hydroxyl groups is 5. The summed E-state index contributed by atoms with van der Waals surface area (Å²) in [6.45, 7) is 0. The van der Waals surface area contributed by atoms with Crippen LogP contribution in [0.15, 0.2) is 66.7 Å². The lowest BCUT2D eigenvalue weighted by atomic mass is 9.95. The zero-order valence-electron chi connectivity index (χ0n) is 15.5. The van der Waals surface area contributed by atoms with E-state index < -0.39 is 0 Å². The molecule has 0 heterocycles. The van der Waals surface area contributed by atoms with Gasteiger partial charge < -0.3 is 25.5 Å². The van der Waals surface area contributed by atoms with Crippen LogP contribution >= 0.6 is 0 Å². The molecule has 4 aromatic carbocycles. The topological polar surface area (TPSA) is 101 Å². The summed E-state index contributed by atoms with van der Waals surface area (Å²) < 4.78 is 0. The number of hydrogen-bond donors (Lipinski definition) is 5. The van der Waals surface area contributed by atoms with Crippen molar-refractivity contribution in [2.24, 2.45) is 0 Å². The van der Waals surface area contributed by atoms with Crippen molar-refractivity contribution < 1.29 is 25.5 Å². The summed E-state index contributed by atoms with van der Waals surface area (Å²) >= 11 is 0. The van der Waals surface area contributed by atoms with Crippen molar-refractivity contribution in [1.29, 1.82) is 0 Å². The lowest BCUT2D eigenvalue weighted by molar-refractivity contribution is 0.404. The van der Waals surface area contributed by atoms with Gasteiger partial charge in [-0.3, -0.25) is 0 Å². The van der Waals surface area contributed by atoms with Crippen LogP contribution < -0.4 is 0 Å². The van der Waals surface area contributed by atoms with E-state index in [9.17, 15) is 25.5 Å². The van der Waals surface area contributed by atoms with Crippen LogP contribution in [0.5, 0.6) is 28.7 Å². The number of fused-ring (bicyclic) bond motifs is 1. The van der Waals surface area contributed by atoms with E-state index in [1.165, 1.54) is 6.07 Å². The molecule has 4 aromatic rings. The molecule has 4 rings (SSSR count). The van der Waals surface area contributed by atoms with Crippen LogP contribution in [-0.4, -0.2) is 25.5 Å². The Morgan fingerprint density at radius 1 is 0.517 bits per heavy atom. The molecule has 29 heavy (non-hydrogen) atoms. The molecule has 0 aliphatic carbocycles. The molecule has 0 saturated carbocycles. The van der Waals surface area contributed by atoms with Crippen molar-refractivity contribution in [3.05, 3.63) is 89.0 Å². The van der Waals surface area contributed by atoms with Gasteiger partial charge in [-0.25, -0.2) is 0 Å². The average molecular weight is 388 g/mol. The maximum Gasteiger partial charge on any atom is 0.165 e. The van der Waals surface area contributed by atoms with Crippen LogP contribution in [0.3, 0.4) is 0 Å². The maximum absolute atomic E-state index is 10.5. The summed E-state index contributed by atoms with van der Waals surface area (Å²) in [5.74, 6) is -0.144. The average Bonchev–Trinajstić information content (AvgIpc) is 2.71. The van der Waals surface area contributed by atoms with Gasteiger partial charge in [-0.05, 0) is 64.5 Å². The molecule has 0 fully saturated rings. The molecule has 0 aliphatic heterocycles. The molecule has 0 atom stereocenters. The van der Waals surface area contributed by atoms with Crippen molar-refractivity contribution in [2.45, 2.75) is 12.8 Å². The highest BCUT2D eigenvalue weighted by Crippen LogP contribution is 2.41. The molecule has 0 unspecified atom stereocenters. The van der Waals surface area contributed by atoms with Crippen LogP contribution in [0.25, 0.3) is 10.8 Å². The Kier molecular flexibility index (Phi) is 4.64. The number of hydrogen-bond acceptors (Lipinski definition) is 5. The number of benzene rings is 4. The first-order chi connectivity index (χ1) is 13.9. The molecule has 0 bridgehead atoms. The molecular formula is C24H20O5. The monoisotopic (exact) mass is 388 g/mol. The van der Waals surface area contributed by atoms with Crippen LogP contribution in [0.4, 0.5) is 0 Å². The zero-order chi connectivity index (χ0) is 20.5. The minimum absolute atomic E-state index is 0.0200. The minimum Gasteiger partial charge on any atom is -0.508 e. The number of phenols is 5. The van der Waals surface area contributed by atoms with Gasteiger partial charge in [-0.1, -0.05) is 24.3 Å². The van der Waals surface area contributed by atoms with Gasteiger partial charge in [0.25, 0.3) is 0 Å². The zero-order valence-corrected chi connectivity index (χ0v) is 15.5. The van der Waals surface area contributed by atoms with E-state index in [2.05, 4.69) is 0 Å². The van der Waals surface area contributed by atoms with Gasteiger partial charge in [0.2, 0.25) is 0 Å². The largest absolute Gasteiger partial charge is 0.508 e. The highest BCUT2D eigenvalue weighted by molar-refractivity contribution is 5.93. The Bertz CT molecular complexity index is 1170. The highest BCUT2D eigenvalue weighted by Gasteiger charge is 2.15. The van der Waals surface area contributed by atoms with Gasteiger partial charge in [0.15, 0.2) is 11.5 Å². The Hall–Kier alpha value is -3.86. The molecule has 146 valence electrons. The van der Waals surface area contributed by atoms with Crippen molar-refractivity contribution in [3.8, 4) is 28.7 Å². The summed E-state index contributed by atoms with van der Waals surface area (Å²) in [5.41, 5.74) is 3.01. The molecule has 0 radical (unpaired) electrons. The van der Waals surface area contributed by atoms with Crippen LogP contribution in [0, 0.1) is 0 Å². The SMILES string of the molecule is Oc1ccc(Cc2cc3cc(Cc4ccc(O)cc4)c(O)c(O)c3cc2O)cc1. The Morgan fingerprint density at radius 2 is 1.00 bits per heavy atom. The third-order valence-electron chi connectivity index (χ3n) is 5.03. The molecule has 0 saturated heterocycles. The van der Waals surface area contributed by atoms with Crippen LogP contribution in [0.2, 0.25) is 0 Å². The van der Waals surface area contributed by atoms with Gasteiger partial charge in [0.1, 0.15) is 17.2 Å². The highest BCUT2D eigenvalue weighted by atomic mass is 16.3. The van der Waals surface area contributed by atoms with Crippen LogP contribution in [0.1, 0.15) is 22.3 Å². The second-order valence-corrected chi connectivity index (χ2v) is 7.12. The predicted molar refractivity (Wildman–Crippen MR) is 111 cm³/mol. The summed E-state index contributed by atoms with van der Waals surface area (Å²) in [6, 6.07) is 18.4. The second kappa shape index (κ2) is 7.28. The van der Waals surface area contributed by atoms with Gasteiger partial charge in [0.05, 0.1) is 0 Å². The molecule has 0 spiro atoms. The summed E-state index contributed by atoms with van der Waals surface area (Å²) in [6.07, 6.45) is 0.834. The van der Waals surface area contributed by atoms with E-state index in [4.69, 9.17) is 0 Å². The molecule has 0 aliphatic rings. The van der Waals surface area contributed by atoms with E-state index in [1.807, 2.05) is 0 Å². The van der Waals surface area contributed by atoms with E-state index in [0.717, 1.165) is 11.1 Å². The van der Waals surface area contributed by atoms with Crippen molar-refractivity contribution in [3.63, 3.8) is 0 Å². The fourth-order valence-electron chi connectivity index (χ4n) is 3.46. The summed E-state index contributed by atoms with van der Waals surface area (Å²) in [4.78, 5) is 0. The van der Waals surface area contributed by atoms with Gasteiger partial charge in [-0.2, -0.15) is 0 Å². The fraction of sp³-hybridized carbons (Fsp3) is 0.0833. The van der Waals surface area contributed by atoms with Gasteiger partial charge in [-0.15, -0.1) is 0 Å². The second-order valence-electron chi connectivity index (χ2n) is 7.12. The molecule has 0 amide bonds. The lowest BCUT2D eigenvalue weighted by Gasteiger charge is -2.13. The van der Waals surface area contributed by atoms with Crippen molar-refractivity contribution in [1.82, 2.24) is 0 Å². The quantitative estimate of drug-likeness (QED) is 0.330. The predicted octanol–water partition coefficient (Wildman–Crippen LogP) is 4.55. The first-order valence-corrected chi connectivity index (χ1v) is 9.16. The first-order valence-electron chi connectivity index (χ1n) is 9.16. The standard InChI is InChI=1S/C24H20O5/c25-19-5-1-14(2-6-19)9-17-11-16-12-18(10-15-3-7-20(26)8-4-15)23(28)24(29)21(16)13-22(17)27/h1-8,11-13,25-29H,9-10H2. The smallest absolute Gasteiger partial charge is 0.165 e. The number of phenolic OH excluding ortho intramolecular Hbond substituents is 5. The summed E-state index contributed by atoms with van der Waals surface area (Å²) in [5, 5.41) is 51.2. The Labute approximate surface area is 167 Å². The third kappa shape index (κ3) is 3.75. The molecule has 5 nitrogen and oxygen atoms in total. The van der Waals surface area contributed by atoms with Crippen molar-refractivity contribution >= 4 is 10.8 Å². The number of rotatable bonds is 4. The normalized spacial score (nSPS) is 11.0. The van der Waals surface area contributed by atoms with E-state index in [-0.39, 0.29) is 28.7 Å². The Balaban J connectivity index is 1.74. The van der Waals surface area contributed by atoms with Crippen LogP contribution in [-0.2, 0) is 12.8 Å². The molecular weight excluding hydrogens is 368 g/mol. The molecule has 5 N–H and O–H groups in total. The van der Waals surface area contributed by atoms with Gasteiger partial charge in [0, 0.05) is 23.8 Å². The molecule has 5 heteroatoms.